The predicted octanol–water partition coefficient (Wildman–Crippen LogP) is 0.193. The van der Waals surface area contributed by atoms with Crippen LogP contribution >= 0.6 is 0 Å². The van der Waals surface area contributed by atoms with Gasteiger partial charge in [-0.05, 0) is 11.6 Å². The lowest BCUT2D eigenvalue weighted by atomic mass is 10.1. The number of carbonyl (C=O) groups excluding carboxylic acids is 2. The van der Waals surface area contributed by atoms with Gasteiger partial charge >= 0.3 is 0 Å². The molecule has 0 aromatic carbocycles. The fourth-order valence-corrected chi connectivity index (χ4v) is 2.20. The van der Waals surface area contributed by atoms with Crippen LogP contribution in [0, 0.1) is 5.92 Å². The first-order valence-electron chi connectivity index (χ1n) is 6.64. The van der Waals surface area contributed by atoms with Crippen molar-refractivity contribution < 1.29 is 14.3 Å². The average Bonchev–Trinajstić information content (AvgIpc) is 2.85. The van der Waals surface area contributed by atoms with E-state index in [-0.39, 0.29) is 24.2 Å². The molecule has 0 radical (unpaired) electrons. The Morgan fingerprint density at radius 2 is 2.45 bits per heavy atom. The first-order chi connectivity index (χ1) is 9.70. The first-order valence-corrected chi connectivity index (χ1v) is 6.64. The third kappa shape index (κ3) is 3.77. The number of hydrogen-bond acceptors (Lipinski definition) is 4. The molecule has 0 spiro atoms. The summed E-state index contributed by atoms with van der Waals surface area (Å²) in [5, 5.41) is 2.85. The van der Waals surface area contributed by atoms with Crippen LogP contribution in [0.1, 0.15) is 12.0 Å². The predicted molar refractivity (Wildman–Crippen MR) is 72.6 cm³/mol. The van der Waals surface area contributed by atoms with E-state index in [9.17, 15) is 9.59 Å². The molecule has 1 aromatic rings. The molecule has 1 atom stereocenters. The quantitative estimate of drug-likeness (QED) is 0.806. The molecule has 2 amide bonds. The molecular weight excluding hydrogens is 258 g/mol. The fourth-order valence-electron chi connectivity index (χ4n) is 2.20. The van der Waals surface area contributed by atoms with Crippen LogP contribution in [0.25, 0.3) is 0 Å². The number of likely N-dealkylation sites (tertiary alicyclic amines) is 1. The zero-order valence-corrected chi connectivity index (χ0v) is 11.5. The molecule has 1 N–H and O–H groups in total. The number of ether oxygens (including phenoxy) is 1. The summed E-state index contributed by atoms with van der Waals surface area (Å²) in [6.07, 6.45) is 3.68. The van der Waals surface area contributed by atoms with Crippen LogP contribution < -0.4 is 5.32 Å². The van der Waals surface area contributed by atoms with Crippen LogP contribution in [-0.2, 0) is 20.9 Å². The standard InChI is InChI=1S/C14H19N3O3/c1-20-6-5-17-10-12(7-13(17)18)14(19)16-9-11-3-2-4-15-8-11/h2-4,8,12H,5-7,9-10H2,1H3,(H,16,19)/t12-/m0/s1. The van der Waals surface area contributed by atoms with Crippen molar-refractivity contribution in [2.24, 2.45) is 5.92 Å². The zero-order valence-electron chi connectivity index (χ0n) is 11.5. The Labute approximate surface area is 118 Å². The van der Waals surface area contributed by atoms with Crippen molar-refractivity contribution in [2.75, 3.05) is 26.8 Å². The molecular formula is C14H19N3O3. The molecule has 108 valence electrons. The summed E-state index contributed by atoms with van der Waals surface area (Å²) in [5.74, 6) is -0.332. The van der Waals surface area contributed by atoms with Gasteiger partial charge in [-0.25, -0.2) is 0 Å². The SMILES string of the molecule is COCCN1C[C@@H](C(=O)NCc2cccnc2)CC1=O. The number of nitrogens with zero attached hydrogens (tertiary/aromatic N) is 2. The van der Waals surface area contributed by atoms with E-state index < -0.39 is 0 Å². The molecule has 2 rings (SSSR count). The maximum absolute atomic E-state index is 12.0. The molecule has 0 saturated carbocycles. The number of hydrogen-bond donors (Lipinski definition) is 1. The van der Waals surface area contributed by atoms with Crippen LogP contribution in [0.5, 0.6) is 0 Å². The molecule has 0 bridgehead atoms. The molecule has 0 aliphatic carbocycles. The van der Waals surface area contributed by atoms with Crippen LogP contribution in [0.3, 0.4) is 0 Å². The van der Waals surface area contributed by atoms with Gasteiger partial charge < -0.3 is 15.0 Å². The van der Waals surface area contributed by atoms with E-state index in [1.807, 2.05) is 12.1 Å². The van der Waals surface area contributed by atoms with E-state index in [0.717, 1.165) is 5.56 Å². The Bertz CT molecular complexity index is 464. The largest absolute Gasteiger partial charge is 0.383 e. The fraction of sp³-hybridized carbons (Fsp3) is 0.500. The van der Waals surface area contributed by atoms with Crippen molar-refractivity contribution in [3.63, 3.8) is 0 Å². The van der Waals surface area contributed by atoms with Crippen LogP contribution in [0.4, 0.5) is 0 Å². The lowest BCUT2D eigenvalue weighted by molar-refractivity contribution is -0.129. The highest BCUT2D eigenvalue weighted by atomic mass is 16.5. The number of nitrogens with one attached hydrogen (secondary N) is 1. The summed E-state index contributed by atoms with van der Waals surface area (Å²) in [6.45, 7) is 1.95. The minimum atomic E-state index is -0.268. The average molecular weight is 277 g/mol. The lowest BCUT2D eigenvalue weighted by Crippen LogP contribution is -2.33. The molecule has 2 heterocycles. The van der Waals surface area contributed by atoms with Gasteiger partial charge in [-0.2, -0.15) is 0 Å². The number of carbonyl (C=O) groups is 2. The Morgan fingerprint density at radius 1 is 1.60 bits per heavy atom. The summed E-state index contributed by atoms with van der Waals surface area (Å²) in [4.78, 5) is 29.5. The van der Waals surface area contributed by atoms with Gasteiger partial charge in [0, 0.05) is 45.6 Å². The summed E-state index contributed by atoms with van der Waals surface area (Å²) in [5.41, 5.74) is 0.946. The summed E-state index contributed by atoms with van der Waals surface area (Å²) < 4.78 is 4.95. The highest BCUT2D eigenvalue weighted by Crippen LogP contribution is 2.17. The minimum absolute atomic E-state index is 0.0172. The van der Waals surface area contributed by atoms with Gasteiger partial charge in [-0.3, -0.25) is 14.6 Å². The van der Waals surface area contributed by atoms with Crippen LogP contribution in [-0.4, -0.2) is 48.5 Å². The molecule has 1 aliphatic rings. The summed E-state index contributed by atoms with van der Waals surface area (Å²) >= 11 is 0. The minimum Gasteiger partial charge on any atom is -0.383 e. The van der Waals surface area contributed by atoms with E-state index in [4.69, 9.17) is 4.74 Å². The van der Waals surface area contributed by atoms with Gasteiger partial charge in [0.1, 0.15) is 0 Å². The van der Waals surface area contributed by atoms with Gasteiger partial charge in [0.25, 0.3) is 0 Å². The van der Waals surface area contributed by atoms with Crippen LogP contribution in [0.15, 0.2) is 24.5 Å². The molecule has 1 aromatic heterocycles. The van der Waals surface area contributed by atoms with Gasteiger partial charge in [0.15, 0.2) is 0 Å². The van der Waals surface area contributed by atoms with Crippen LogP contribution in [0.2, 0.25) is 0 Å². The summed E-state index contributed by atoms with van der Waals surface area (Å²) in [6, 6.07) is 3.73. The number of methoxy groups -OCH3 is 1. The third-order valence-electron chi connectivity index (χ3n) is 3.34. The molecule has 6 heteroatoms. The molecule has 1 aliphatic heterocycles. The van der Waals surface area contributed by atoms with Crippen molar-refractivity contribution in [3.8, 4) is 0 Å². The summed E-state index contributed by atoms with van der Waals surface area (Å²) in [7, 11) is 1.60. The second-order valence-corrected chi connectivity index (χ2v) is 4.81. The monoisotopic (exact) mass is 277 g/mol. The smallest absolute Gasteiger partial charge is 0.225 e. The van der Waals surface area contributed by atoms with Gasteiger partial charge in [-0.1, -0.05) is 6.07 Å². The van der Waals surface area contributed by atoms with Crippen molar-refractivity contribution in [1.29, 1.82) is 0 Å². The zero-order chi connectivity index (χ0) is 14.4. The second-order valence-electron chi connectivity index (χ2n) is 4.81. The Morgan fingerprint density at radius 3 is 3.15 bits per heavy atom. The number of amides is 2. The maximum atomic E-state index is 12.0. The van der Waals surface area contributed by atoms with Gasteiger partial charge in [-0.15, -0.1) is 0 Å². The lowest BCUT2D eigenvalue weighted by Gasteiger charge is -2.15. The first kappa shape index (κ1) is 14.5. The van der Waals surface area contributed by atoms with E-state index >= 15 is 0 Å². The number of aromatic nitrogens is 1. The maximum Gasteiger partial charge on any atom is 0.225 e. The number of rotatable bonds is 6. The highest BCUT2D eigenvalue weighted by Gasteiger charge is 2.33. The molecule has 0 unspecified atom stereocenters. The van der Waals surface area contributed by atoms with E-state index in [1.165, 1.54) is 0 Å². The second kappa shape index (κ2) is 7.00. The molecule has 1 saturated heterocycles. The highest BCUT2D eigenvalue weighted by molar-refractivity contribution is 5.89. The van der Waals surface area contributed by atoms with E-state index in [0.29, 0.717) is 26.2 Å². The Balaban J connectivity index is 1.80. The Hall–Kier alpha value is -1.95. The topological polar surface area (TPSA) is 71.5 Å². The normalized spacial score (nSPS) is 18.4. The Kier molecular flexibility index (Phi) is 5.06. The van der Waals surface area contributed by atoms with Crippen molar-refractivity contribution in [1.82, 2.24) is 15.2 Å². The van der Waals surface area contributed by atoms with E-state index in [2.05, 4.69) is 10.3 Å². The van der Waals surface area contributed by atoms with E-state index in [1.54, 1.807) is 24.4 Å². The molecule has 1 fully saturated rings. The molecule has 20 heavy (non-hydrogen) atoms. The van der Waals surface area contributed by atoms with Gasteiger partial charge in [0.2, 0.25) is 11.8 Å². The third-order valence-corrected chi connectivity index (χ3v) is 3.34. The van der Waals surface area contributed by atoms with Gasteiger partial charge in [0.05, 0.1) is 12.5 Å². The van der Waals surface area contributed by atoms with Crippen molar-refractivity contribution in [2.45, 2.75) is 13.0 Å². The van der Waals surface area contributed by atoms with Crippen molar-refractivity contribution >= 4 is 11.8 Å². The van der Waals surface area contributed by atoms with Crippen molar-refractivity contribution in [3.05, 3.63) is 30.1 Å². The number of pyridine rings is 1. The molecule has 6 nitrogen and oxygen atoms in total.